The first kappa shape index (κ1) is 16.3. The van der Waals surface area contributed by atoms with Crippen molar-refractivity contribution in [2.45, 2.75) is 19.9 Å². The lowest BCUT2D eigenvalue weighted by molar-refractivity contribution is 0.0733. The second-order valence-electron chi connectivity index (χ2n) is 6.32. The van der Waals surface area contributed by atoms with Gasteiger partial charge in [-0.15, -0.1) is 0 Å². The number of carbonyl (C=O) groups excluding carboxylic acids is 1. The minimum atomic E-state index is -0.364. The van der Waals surface area contributed by atoms with Gasteiger partial charge in [0.05, 0.1) is 5.69 Å². The molecule has 0 N–H and O–H groups in total. The Balaban J connectivity index is 1.56. The first-order valence-corrected chi connectivity index (χ1v) is 8.43. The van der Waals surface area contributed by atoms with Gasteiger partial charge in [0.25, 0.3) is 5.91 Å². The maximum atomic E-state index is 13.8. The van der Waals surface area contributed by atoms with Crippen molar-refractivity contribution < 1.29 is 9.18 Å². The van der Waals surface area contributed by atoms with E-state index in [1.165, 1.54) is 6.07 Å². The van der Waals surface area contributed by atoms with Gasteiger partial charge in [-0.2, -0.15) is 0 Å². The average molecular weight is 348 g/mol. The van der Waals surface area contributed by atoms with Crippen molar-refractivity contribution in [2.24, 2.45) is 0 Å². The van der Waals surface area contributed by atoms with Gasteiger partial charge in [0, 0.05) is 43.0 Å². The number of halogens is 1. The van der Waals surface area contributed by atoms with Crippen molar-refractivity contribution in [3.63, 3.8) is 0 Å². The second-order valence-corrected chi connectivity index (χ2v) is 6.32. The van der Waals surface area contributed by atoms with Crippen molar-refractivity contribution in [1.29, 1.82) is 0 Å². The lowest BCUT2D eigenvalue weighted by atomic mass is 10.0. The van der Waals surface area contributed by atoms with Crippen molar-refractivity contribution in [3.8, 4) is 11.5 Å². The number of hydrogen-bond donors (Lipinski definition) is 0. The maximum Gasteiger partial charge on any atom is 0.254 e. The van der Waals surface area contributed by atoms with E-state index in [0.29, 0.717) is 36.5 Å². The Kier molecular flexibility index (Phi) is 4.16. The van der Waals surface area contributed by atoms with Crippen LogP contribution in [0.4, 0.5) is 4.39 Å². The summed E-state index contributed by atoms with van der Waals surface area (Å²) in [5.74, 6) is 0.0460. The van der Waals surface area contributed by atoms with E-state index in [1.807, 2.05) is 18.2 Å². The predicted octanol–water partition coefficient (Wildman–Crippen LogP) is 3.18. The summed E-state index contributed by atoms with van der Waals surface area (Å²) in [5.41, 5.74) is 3.46. The molecule has 2 aromatic heterocycles. The number of aromatic nitrogens is 3. The van der Waals surface area contributed by atoms with Crippen LogP contribution >= 0.6 is 0 Å². The topological polar surface area (TPSA) is 59.0 Å². The Labute approximate surface area is 150 Å². The molecule has 0 unspecified atom stereocenters. The van der Waals surface area contributed by atoms with Crippen molar-refractivity contribution >= 4 is 5.91 Å². The van der Waals surface area contributed by atoms with Crippen LogP contribution < -0.4 is 0 Å². The minimum Gasteiger partial charge on any atom is -0.334 e. The molecule has 0 saturated heterocycles. The first-order chi connectivity index (χ1) is 12.6. The van der Waals surface area contributed by atoms with Crippen LogP contribution in [0, 0.1) is 12.7 Å². The van der Waals surface area contributed by atoms with E-state index in [1.54, 1.807) is 36.4 Å². The van der Waals surface area contributed by atoms with Crippen molar-refractivity contribution in [1.82, 2.24) is 19.9 Å². The molecule has 6 heteroatoms. The molecule has 1 aliphatic rings. The Bertz CT molecular complexity index is 975. The molecule has 1 aliphatic heterocycles. The highest BCUT2D eigenvalue weighted by Crippen LogP contribution is 2.22. The molecule has 0 aliphatic carbocycles. The summed E-state index contributed by atoms with van der Waals surface area (Å²) in [6.45, 7) is 2.64. The molecule has 0 fully saturated rings. The normalized spacial score (nSPS) is 13.4. The number of amides is 1. The number of pyridine rings is 1. The Morgan fingerprint density at radius 1 is 1.19 bits per heavy atom. The third kappa shape index (κ3) is 3.06. The van der Waals surface area contributed by atoms with Gasteiger partial charge in [-0.05, 0) is 36.8 Å². The summed E-state index contributed by atoms with van der Waals surface area (Å²) in [6, 6.07) is 10.2. The van der Waals surface area contributed by atoms with Gasteiger partial charge in [0.15, 0.2) is 5.82 Å². The zero-order chi connectivity index (χ0) is 18.1. The number of nitrogens with zero attached hydrogens (tertiary/aromatic N) is 4. The quantitative estimate of drug-likeness (QED) is 0.714. The van der Waals surface area contributed by atoms with Crippen molar-refractivity contribution in [3.05, 3.63) is 77.0 Å². The Morgan fingerprint density at radius 3 is 2.85 bits per heavy atom. The molecule has 3 aromatic rings. The molecule has 0 saturated carbocycles. The highest BCUT2D eigenvalue weighted by molar-refractivity contribution is 5.94. The largest absolute Gasteiger partial charge is 0.334 e. The number of carbonyl (C=O) groups is 1. The SMILES string of the molecule is Cc1ccc(C(=O)N2CCc3nc(-c4ccccn4)ncc3C2)cc1F. The molecule has 0 atom stereocenters. The number of fused-ring (bicyclic) bond motifs is 1. The number of rotatable bonds is 2. The van der Waals surface area contributed by atoms with Crippen LogP contribution in [0.2, 0.25) is 0 Å². The fraction of sp³-hybridized carbons (Fsp3) is 0.200. The van der Waals surface area contributed by atoms with Crippen LogP contribution in [0.25, 0.3) is 11.5 Å². The molecule has 1 amide bonds. The van der Waals surface area contributed by atoms with Crippen LogP contribution in [0.5, 0.6) is 0 Å². The van der Waals surface area contributed by atoms with E-state index in [2.05, 4.69) is 15.0 Å². The fourth-order valence-corrected chi connectivity index (χ4v) is 3.02. The smallest absolute Gasteiger partial charge is 0.254 e. The van der Waals surface area contributed by atoms with E-state index >= 15 is 0 Å². The third-order valence-electron chi connectivity index (χ3n) is 4.53. The molecule has 4 rings (SSSR count). The van der Waals surface area contributed by atoms with Crippen molar-refractivity contribution in [2.75, 3.05) is 6.54 Å². The molecule has 26 heavy (non-hydrogen) atoms. The van der Waals surface area contributed by atoms with E-state index < -0.39 is 0 Å². The molecular weight excluding hydrogens is 331 g/mol. The second kappa shape index (κ2) is 6.63. The lowest BCUT2D eigenvalue weighted by Crippen LogP contribution is -2.36. The van der Waals surface area contributed by atoms with E-state index in [0.717, 1.165) is 17.0 Å². The molecule has 5 nitrogen and oxygen atoms in total. The maximum absolute atomic E-state index is 13.8. The summed E-state index contributed by atoms with van der Waals surface area (Å²) < 4.78 is 13.8. The molecular formula is C20H17FN4O. The molecule has 0 spiro atoms. The predicted molar refractivity (Wildman–Crippen MR) is 94.8 cm³/mol. The van der Waals surface area contributed by atoms with Crippen LogP contribution in [-0.4, -0.2) is 32.3 Å². The highest BCUT2D eigenvalue weighted by Gasteiger charge is 2.24. The minimum absolute atomic E-state index is 0.177. The van der Waals surface area contributed by atoms with Gasteiger partial charge in [-0.25, -0.2) is 14.4 Å². The standard InChI is InChI=1S/C20H17FN4O/c1-13-5-6-14(10-16(13)21)20(26)25-9-7-17-15(12-25)11-23-19(24-17)18-4-2-3-8-22-18/h2-6,8,10-11H,7,9,12H2,1H3. The van der Waals surface area contributed by atoms with Gasteiger partial charge in [0.2, 0.25) is 0 Å². The van der Waals surface area contributed by atoms with Crippen LogP contribution in [0.15, 0.2) is 48.8 Å². The van der Waals surface area contributed by atoms with E-state index in [4.69, 9.17) is 0 Å². The van der Waals surface area contributed by atoms with E-state index in [-0.39, 0.29) is 11.7 Å². The summed E-state index contributed by atoms with van der Waals surface area (Å²) in [7, 11) is 0. The van der Waals surface area contributed by atoms with Gasteiger partial charge in [-0.3, -0.25) is 9.78 Å². The summed E-state index contributed by atoms with van der Waals surface area (Å²) in [5, 5.41) is 0. The van der Waals surface area contributed by atoms with Crippen LogP contribution in [0.1, 0.15) is 27.2 Å². The highest BCUT2D eigenvalue weighted by atomic mass is 19.1. The van der Waals surface area contributed by atoms with Gasteiger partial charge < -0.3 is 4.90 Å². The number of benzene rings is 1. The zero-order valence-electron chi connectivity index (χ0n) is 14.3. The average Bonchev–Trinajstić information content (AvgIpc) is 2.69. The number of aryl methyl sites for hydroxylation is 1. The Morgan fingerprint density at radius 2 is 2.08 bits per heavy atom. The monoisotopic (exact) mass is 348 g/mol. The van der Waals surface area contributed by atoms with Gasteiger partial charge >= 0.3 is 0 Å². The van der Waals surface area contributed by atoms with E-state index in [9.17, 15) is 9.18 Å². The summed E-state index contributed by atoms with van der Waals surface area (Å²) in [4.78, 5) is 27.6. The summed E-state index contributed by atoms with van der Waals surface area (Å²) in [6.07, 6.45) is 4.10. The summed E-state index contributed by atoms with van der Waals surface area (Å²) >= 11 is 0. The first-order valence-electron chi connectivity index (χ1n) is 8.43. The molecule has 3 heterocycles. The van der Waals surface area contributed by atoms with Crippen LogP contribution in [0.3, 0.4) is 0 Å². The Hall–Kier alpha value is -3.15. The molecule has 1 aromatic carbocycles. The molecule has 0 radical (unpaired) electrons. The third-order valence-corrected chi connectivity index (χ3v) is 4.53. The van der Waals surface area contributed by atoms with Gasteiger partial charge in [-0.1, -0.05) is 12.1 Å². The lowest BCUT2D eigenvalue weighted by Gasteiger charge is -2.28. The van der Waals surface area contributed by atoms with Crippen LogP contribution in [-0.2, 0) is 13.0 Å². The fourth-order valence-electron chi connectivity index (χ4n) is 3.02. The number of hydrogen-bond acceptors (Lipinski definition) is 4. The van der Waals surface area contributed by atoms with Gasteiger partial charge in [0.1, 0.15) is 11.5 Å². The zero-order valence-corrected chi connectivity index (χ0v) is 14.3. The molecule has 0 bridgehead atoms. The molecule has 130 valence electrons.